The molecule has 0 saturated carbocycles. The average molecular weight is 266 g/mol. The standard InChI is InChI=1S/C14H16ClNO2/c1-9-3-5-11(15)7-13(9)18-14(8-16)12-6-4-10(2)17-12/h3-7,14H,8,16H2,1-2H3. The normalized spacial score (nSPS) is 12.4. The van der Waals surface area contributed by atoms with E-state index in [-0.39, 0.29) is 6.10 Å². The molecule has 3 nitrogen and oxygen atoms in total. The molecule has 0 spiro atoms. The van der Waals surface area contributed by atoms with Crippen molar-refractivity contribution in [1.82, 2.24) is 0 Å². The summed E-state index contributed by atoms with van der Waals surface area (Å²) in [5.74, 6) is 2.30. The molecule has 2 N–H and O–H groups in total. The van der Waals surface area contributed by atoms with E-state index >= 15 is 0 Å². The number of hydrogen-bond acceptors (Lipinski definition) is 3. The van der Waals surface area contributed by atoms with Crippen LogP contribution in [0.4, 0.5) is 0 Å². The minimum Gasteiger partial charge on any atom is -0.481 e. The van der Waals surface area contributed by atoms with Crippen molar-refractivity contribution < 1.29 is 9.15 Å². The summed E-state index contributed by atoms with van der Waals surface area (Å²) in [7, 11) is 0. The predicted octanol–water partition coefficient (Wildman–Crippen LogP) is 3.63. The van der Waals surface area contributed by atoms with E-state index in [0.29, 0.717) is 11.6 Å². The summed E-state index contributed by atoms with van der Waals surface area (Å²) < 4.78 is 11.4. The van der Waals surface area contributed by atoms with Crippen molar-refractivity contribution in [1.29, 1.82) is 0 Å². The molecule has 2 aromatic rings. The van der Waals surface area contributed by atoms with Crippen LogP contribution in [0.25, 0.3) is 0 Å². The largest absolute Gasteiger partial charge is 0.481 e. The van der Waals surface area contributed by atoms with E-state index in [0.717, 1.165) is 22.8 Å². The second-order valence-corrected chi connectivity index (χ2v) is 4.64. The lowest BCUT2D eigenvalue weighted by atomic mass is 10.2. The Balaban J connectivity index is 2.22. The highest BCUT2D eigenvalue weighted by atomic mass is 35.5. The van der Waals surface area contributed by atoms with Gasteiger partial charge in [-0.05, 0) is 43.7 Å². The Morgan fingerprint density at radius 2 is 2.06 bits per heavy atom. The minimum absolute atomic E-state index is 0.295. The van der Waals surface area contributed by atoms with Crippen LogP contribution >= 0.6 is 11.6 Å². The lowest BCUT2D eigenvalue weighted by Gasteiger charge is -2.17. The molecule has 4 heteroatoms. The van der Waals surface area contributed by atoms with Crippen LogP contribution < -0.4 is 10.5 Å². The van der Waals surface area contributed by atoms with Gasteiger partial charge < -0.3 is 14.9 Å². The molecule has 0 amide bonds. The monoisotopic (exact) mass is 265 g/mol. The van der Waals surface area contributed by atoms with E-state index in [1.165, 1.54) is 0 Å². The number of rotatable bonds is 4. The molecule has 0 saturated heterocycles. The zero-order valence-corrected chi connectivity index (χ0v) is 11.2. The summed E-state index contributed by atoms with van der Waals surface area (Å²) in [6.07, 6.45) is -0.295. The molecule has 1 aromatic heterocycles. The van der Waals surface area contributed by atoms with Crippen LogP contribution in [0, 0.1) is 13.8 Å². The summed E-state index contributed by atoms with van der Waals surface area (Å²) in [5.41, 5.74) is 6.75. The van der Waals surface area contributed by atoms with Crippen LogP contribution in [-0.2, 0) is 0 Å². The van der Waals surface area contributed by atoms with Crippen LogP contribution in [0.5, 0.6) is 5.75 Å². The number of halogens is 1. The van der Waals surface area contributed by atoms with Gasteiger partial charge in [0.05, 0.1) is 0 Å². The summed E-state index contributed by atoms with van der Waals surface area (Å²) in [5, 5.41) is 0.641. The maximum Gasteiger partial charge on any atom is 0.168 e. The average Bonchev–Trinajstić information content (AvgIpc) is 2.77. The van der Waals surface area contributed by atoms with Crippen LogP contribution in [0.1, 0.15) is 23.2 Å². The highest BCUT2D eigenvalue weighted by molar-refractivity contribution is 6.30. The molecule has 0 aliphatic heterocycles. The van der Waals surface area contributed by atoms with Crippen molar-refractivity contribution in [2.45, 2.75) is 20.0 Å². The zero-order chi connectivity index (χ0) is 13.1. The fraction of sp³-hybridized carbons (Fsp3) is 0.286. The first-order valence-electron chi connectivity index (χ1n) is 5.79. The van der Waals surface area contributed by atoms with E-state index in [4.69, 9.17) is 26.5 Å². The van der Waals surface area contributed by atoms with E-state index in [1.54, 1.807) is 6.07 Å². The number of aryl methyl sites for hydroxylation is 2. The van der Waals surface area contributed by atoms with Gasteiger partial charge in [-0.25, -0.2) is 0 Å². The van der Waals surface area contributed by atoms with Crippen LogP contribution in [0.2, 0.25) is 5.02 Å². The van der Waals surface area contributed by atoms with Crippen LogP contribution in [0.3, 0.4) is 0 Å². The van der Waals surface area contributed by atoms with Crippen molar-refractivity contribution in [3.05, 3.63) is 52.4 Å². The third-order valence-corrected chi connectivity index (χ3v) is 2.95. The van der Waals surface area contributed by atoms with Gasteiger partial charge in [-0.2, -0.15) is 0 Å². The van der Waals surface area contributed by atoms with Gasteiger partial charge in [0.15, 0.2) is 6.10 Å². The number of ether oxygens (including phenoxy) is 1. The topological polar surface area (TPSA) is 48.4 Å². The van der Waals surface area contributed by atoms with Gasteiger partial charge in [-0.3, -0.25) is 0 Å². The van der Waals surface area contributed by atoms with Crippen molar-refractivity contribution >= 4 is 11.6 Å². The fourth-order valence-corrected chi connectivity index (χ4v) is 1.87. The zero-order valence-electron chi connectivity index (χ0n) is 10.4. The van der Waals surface area contributed by atoms with Gasteiger partial charge in [0, 0.05) is 11.6 Å². The highest BCUT2D eigenvalue weighted by Crippen LogP contribution is 2.28. The first-order chi connectivity index (χ1) is 8.60. The Kier molecular flexibility index (Phi) is 3.94. The first kappa shape index (κ1) is 13.0. The van der Waals surface area contributed by atoms with E-state index in [2.05, 4.69) is 0 Å². The number of nitrogens with two attached hydrogens (primary N) is 1. The maximum absolute atomic E-state index is 5.96. The second kappa shape index (κ2) is 5.46. The Labute approximate surface area is 111 Å². The Hall–Kier alpha value is -1.45. The molecule has 18 heavy (non-hydrogen) atoms. The SMILES string of the molecule is Cc1ccc(C(CN)Oc2cc(Cl)ccc2C)o1. The quantitative estimate of drug-likeness (QED) is 0.918. The van der Waals surface area contributed by atoms with Gasteiger partial charge in [0.2, 0.25) is 0 Å². The molecule has 0 fully saturated rings. The molecule has 96 valence electrons. The van der Waals surface area contributed by atoms with Gasteiger partial charge >= 0.3 is 0 Å². The minimum atomic E-state index is -0.295. The van der Waals surface area contributed by atoms with Crippen LogP contribution in [0.15, 0.2) is 34.7 Å². The van der Waals surface area contributed by atoms with E-state index in [1.807, 2.05) is 38.1 Å². The van der Waals surface area contributed by atoms with Gasteiger partial charge in [-0.15, -0.1) is 0 Å². The molecule has 0 bridgehead atoms. The van der Waals surface area contributed by atoms with E-state index in [9.17, 15) is 0 Å². The molecule has 0 radical (unpaired) electrons. The summed E-state index contributed by atoms with van der Waals surface area (Å²) >= 11 is 5.96. The summed E-state index contributed by atoms with van der Waals surface area (Å²) in [4.78, 5) is 0. The first-order valence-corrected chi connectivity index (χ1v) is 6.17. The van der Waals surface area contributed by atoms with Crippen molar-refractivity contribution in [2.24, 2.45) is 5.73 Å². The van der Waals surface area contributed by atoms with Crippen LogP contribution in [-0.4, -0.2) is 6.54 Å². The molecule has 1 unspecified atom stereocenters. The third kappa shape index (κ3) is 2.86. The lowest BCUT2D eigenvalue weighted by Crippen LogP contribution is -2.18. The fourth-order valence-electron chi connectivity index (χ4n) is 1.70. The molecular formula is C14H16ClNO2. The van der Waals surface area contributed by atoms with Gasteiger partial charge in [-0.1, -0.05) is 17.7 Å². The smallest absolute Gasteiger partial charge is 0.168 e. The van der Waals surface area contributed by atoms with Crippen molar-refractivity contribution in [3.8, 4) is 5.75 Å². The summed E-state index contributed by atoms with van der Waals surface area (Å²) in [6.45, 7) is 4.20. The van der Waals surface area contributed by atoms with Gasteiger partial charge in [0.25, 0.3) is 0 Å². The maximum atomic E-state index is 5.96. The Bertz CT molecular complexity index is 536. The highest BCUT2D eigenvalue weighted by Gasteiger charge is 2.16. The molecule has 1 heterocycles. The molecule has 0 aliphatic rings. The predicted molar refractivity (Wildman–Crippen MR) is 72.1 cm³/mol. The second-order valence-electron chi connectivity index (χ2n) is 4.20. The molecular weight excluding hydrogens is 250 g/mol. The summed E-state index contributed by atoms with van der Waals surface area (Å²) in [6, 6.07) is 9.31. The lowest BCUT2D eigenvalue weighted by molar-refractivity contribution is 0.181. The molecule has 0 aliphatic carbocycles. The number of furan rings is 1. The van der Waals surface area contributed by atoms with Gasteiger partial charge in [0.1, 0.15) is 17.3 Å². The third-order valence-electron chi connectivity index (χ3n) is 2.71. The van der Waals surface area contributed by atoms with Crippen molar-refractivity contribution in [2.75, 3.05) is 6.54 Å². The van der Waals surface area contributed by atoms with E-state index < -0.39 is 0 Å². The molecule has 1 atom stereocenters. The Morgan fingerprint density at radius 1 is 1.28 bits per heavy atom. The molecule has 1 aromatic carbocycles. The number of benzene rings is 1. The molecule has 2 rings (SSSR count). The Morgan fingerprint density at radius 3 is 2.67 bits per heavy atom. The van der Waals surface area contributed by atoms with Crippen molar-refractivity contribution in [3.63, 3.8) is 0 Å². The number of hydrogen-bond donors (Lipinski definition) is 1.